The molecule has 0 saturated heterocycles. The molecule has 0 rings (SSSR count). The molecule has 0 aliphatic rings. The highest BCUT2D eigenvalue weighted by molar-refractivity contribution is 5.68. The van der Waals surface area contributed by atoms with Crippen LogP contribution in [0.2, 0.25) is 0 Å². The summed E-state index contributed by atoms with van der Waals surface area (Å²) in [6.45, 7) is 16.8. The highest BCUT2D eigenvalue weighted by Crippen LogP contribution is 2.19. The molecule has 0 aromatic rings. The minimum atomic E-state index is -0.486. The second-order valence-corrected chi connectivity index (χ2v) is 8.06. The Labute approximate surface area is 142 Å². The van der Waals surface area contributed by atoms with Crippen molar-refractivity contribution in [2.24, 2.45) is 0 Å². The van der Waals surface area contributed by atoms with Crippen LogP contribution in [0.15, 0.2) is 0 Å². The summed E-state index contributed by atoms with van der Waals surface area (Å²) in [6.07, 6.45) is 2.24. The molecule has 0 fully saturated rings. The van der Waals surface area contributed by atoms with Crippen molar-refractivity contribution >= 4 is 6.09 Å². The lowest BCUT2D eigenvalue weighted by atomic mass is 9.91. The summed E-state index contributed by atoms with van der Waals surface area (Å²) in [5.41, 5.74) is -0.944. The van der Waals surface area contributed by atoms with Crippen LogP contribution in [0, 0.1) is 0 Å². The van der Waals surface area contributed by atoms with Gasteiger partial charge in [0, 0.05) is 19.7 Å². The van der Waals surface area contributed by atoms with Gasteiger partial charge in [-0.2, -0.15) is 0 Å². The van der Waals surface area contributed by atoms with Crippen LogP contribution in [0.5, 0.6) is 0 Å². The van der Waals surface area contributed by atoms with Crippen molar-refractivity contribution in [3.05, 3.63) is 0 Å². The van der Waals surface area contributed by atoms with Crippen molar-refractivity contribution in [1.29, 1.82) is 0 Å². The second kappa shape index (κ2) is 8.88. The first kappa shape index (κ1) is 22.2. The number of carbonyl (C=O) groups is 1. The highest BCUT2D eigenvalue weighted by atomic mass is 16.6. The van der Waals surface area contributed by atoms with Gasteiger partial charge < -0.3 is 20.1 Å². The van der Waals surface area contributed by atoms with Crippen molar-refractivity contribution in [1.82, 2.24) is 10.6 Å². The van der Waals surface area contributed by atoms with E-state index in [0.29, 0.717) is 12.6 Å². The van der Waals surface area contributed by atoms with Crippen LogP contribution < -0.4 is 10.6 Å². The molecule has 0 aromatic heterocycles. The van der Waals surface area contributed by atoms with Gasteiger partial charge in [0.1, 0.15) is 5.60 Å². The van der Waals surface area contributed by atoms with Crippen molar-refractivity contribution in [2.75, 3.05) is 13.7 Å². The maximum absolute atomic E-state index is 12.1. The minimum absolute atomic E-state index is 0.161. The zero-order valence-corrected chi connectivity index (χ0v) is 16.6. The number of ether oxygens (including phenoxy) is 2. The molecule has 5 heteroatoms. The molecule has 1 unspecified atom stereocenters. The second-order valence-electron chi connectivity index (χ2n) is 8.06. The fourth-order valence-corrected chi connectivity index (χ4v) is 2.50. The van der Waals surface area contributed by atoms with E-state index in [1.165, 1.54) is 0 Å². The Morgan fingerprint density at radius 3 is 2.00 bits per heavy atom. The Morgan fingerprint density at radius 2 is 1.61 bits per heavy atom. The number of hydrogen-bond acceptors (Lipinski definition) is 4. The Morgan fingerprint density at radius 1 is 1.09 bits per heavy atom. The van der Waals surface area contributed by atoms with Gasteiger partial charge >= 0.3 is 6.09 Å². The summed E-state index contributed by atoms with van der Waals surface area (Å²) in [5.74, 6) is 0. The standard InChI is InChI=1S/C18H38N2O3/c1-10-18(11-2,20-15(21)23-16(4,5)6)13-19-14(3)12-17(7,8)22-9/h14,19H,10-13H2,1-9H3,(H,20,21). The first-order valence-corrected chi connectivity index (χ1v) is 8.68. The molecule has 1 amide bonds. The van der Waals surface area contributed by atoms with E-state index < -0.39 is 5.60 Å². The predicted octanol–water partition coefficient (Wildman–Crippen LogP) is 3.86. The van der Waals surface area contributed by atoms with Crippen LogP contribution in [0.3, 0.4) is 0 Å². The first-order chi connectivity index (χ1) is 10.4. The molecular formula is C18H38N2O3. The third-order valence-electron chi connectivity index (χ3n) is 4.26. The van der Waals surface area contributed by atoms with E-state index in [1.54, 1.807) is 7.11 Å². The van der Waals surface area contributed by atoms with E-state index in [-0.39, 0.29) is 17.2 Å². The van der Waals surface area contributed by atoms with E-state index >= 15 is 0 Å². The lowest BCUT2D eigenvalue weighted by Gasteiger charge is -2.36. The summed E-state index contributed by atoms with van der Waals surface area (Å²) >= 11 is 0. The SMILES string of the molecule is CCC(CC)(CNC(C)CC(C)(C)OC)NC(=O)OC(C)(C)C. The molecule has 138 valence electrons. The van der Waals surface area contributed by atoms with Gasteiger partial charge in [0.15, 0.2) is 0 Å². The Hall–Kier alpha value is -0.810. The number of hydrogen-bond donors (Lipinski definition) is 2. The maximum atomic E-state index is 12.1. The number of methoxy groups -OCH3 is 1. The topological polar surface area (TPSA) is 59.6 Å². The van der Waals surface area contributed by atoms with E-state index in [0.717, 1.165) is 19.3 Å². The summed E-state index contributed by atoms with van der Waals surface area (Å²) in [4.78, 5) is 12.1. The fraction of sp³-hybridized carbons (Fsp3) is 0.944. The molecule has 0 aliphatic carbocycles. The molecule has 0 aromatic carbocycles. The Balaban J connectivity index is 4.68. The van der Waals surface area contributed by atoms with Gasteiger partial charge in [-0.05, 0) is 60.8 Å². The molecule has 23 heavy (non-hydrogen) atoms. The van der Waals surface area contributed by atoms with Gasteiger partial charge in [-0.15, -0.1) is 0 Å². The summed E-state index contributed by atoms with van der Waals surface area (Å²) < 4.78 is 10.9. The zero-order chi connectivity index (χ0) is 18.3. The molecule has 5 nitrogen and oxygen atoms in total. The summed E-state index contributed by atoms with van der Waals surface area (Å²) in [5, 5.41) is 6.60. The first-order valence-electron chi connectivity index (χ1n) is 8.68. The maximum Gasteiger partial charge on any atom is 0.408 e. The normalized spacial score (nSPS) is 14.5. The van der Waals surface area contributed by atoms with Gasteiger partial charge in [-0.3, -0.25) is 0 Å². The van der Waals surface area contributed by atoms with Gasteiger partial charge in [0.2, 0.25) is 0 Å². The van der Waals surface area contributed by atoms with Crippen LogP contribution in [0.4, 0.5) is 4.79 Å². The molecule has 0 radical (unpaired) electrons. The molecule has 0 bridgehead atoms. The number of carbonyl (C=O) groups excluding carboxylic acids is 1. The summed E-state index contributed by atoms with van der Waals surface area (Å²) in [6, 6.07) is 0.294. The average Bonchev–Trinajstić information content (AvgIpc) is 2.41. The van der Waals surface area contributed by atoms with Crippen LogP contribution in [-0.4, -0.2) is 42.5 Å². The van der Waals surface area contributed by atoms with Crippen LogP contribution in [0.25, 0.3) is 0 Å². The van der Waals surface area contributed by atoms with Crippen molar-refractivity contribution in [3.63, 3.8) is 0 Å². The van der Waals surface area contributed by atoms with E-state index in [9.17, 15) is 4.79 Å². The van der Waals surface area contributed by atoms with Crippen LogP contribution in [-0.2, 0) is 9.47 Å². The molecule has 0 aliphatic heterocycles. The molecule has 0 saturated carbocycles. The monoisotopic (exact) mass is 330 g/mol. The smallest absolute Gasteiger partial charge is 0.408 e. The molecule has 1 atom stereocenters. The minimum Gasteiger partial charge on any atom is -0.444 e. The van der Waals surface area contributed by atoms with Crippen molar-refractivity contribution in [2.45, 2.75) is 97.4 Å². The fourth-order valence-electron chi connectivity index (χ4n) is 2.50. The molecule has 0 spiro atoms. The lowest BCUT2D eigenvalue weighted by molar-refractivity contribution is 0.00755. The molecule has 0 heterocycles. The van der Waals surface area contributed by atoms with Gasteiger partial charge in [-0.25, -0.2) is 4.79 Å². The van der Waals surface area contributed by atoms with Crippen molar-refractivity contribution < 1.29 is 14.3 Å². The lowest BCUT2D eigenvalue weighted by Crippen LogP contribution is -2.56. The van der Waals surface area contributed by atoms with Crippen LogP contribution in [0.1, 0.15) is 74.7 Å². The van der Waals surface area contributed by atoms with Gasteiger partial charge in [0.05, 0.1) is 11.1 Å². The highest BCUT2D eigenvalue weighted by Gasteiger charge is 2.31. The average molecular weight is 331 g/mol. The molecular weight excluding hydrogens is 292 g/mol. The van der Waals surface area contributed by atoms with Gasteiger partial charge in [-0.1, -0.05) is 13.8 Å². The Bertz CT molecular complexity index is 358. The van der Waals surface area contributed by atoms with E-state index in [1.807, 2.05) is 20.8 Å². The number of alkyl carbamates (subject to hydrolysis) is 1. The third-order valence-corrected chi connectivity index (χ3v) is 4.26. The number of nitrogens with one attached hydrogen (secondary N) is 2. The zero-order valence-electron chi connectivity index (χ0n) is 16.6. The predicted molar refractivity (Wildman–Crippen MR) is 95.9 cm³/mol. The number of amides is 1. The van der Waals surface area contributed by atoms with E-state index in [4.69, 9.17) is 9.47 Å². The summed E-state index contributed by atoms with van der Waals surface area (Å²) in [7, 11) is 1.74. The molecule has 2 N–H and O–H groups in total. The Kier molecular flexibility index (Phi) is 8.57. The van der Waals surface area contributed by atoms with E-state index in [2.05, 4.69) is 45.3 Å². The van der Waals surface area contributed by atoms with Crippen LogP contribution >= 0.6 is 0 Å². The quantitative estimate of drug-likeness (QED) is 0.674. The largest absolute Gasteiger partial charge is 0.444 e. The number of rotatable bonds is 9. The van der Waals surface area contributed by atoms with Crippen molar-refractivity contribution in [3.8, 4) is 0 Å². The van der Waals surface area contributed by atoms with Gasteiger partial charge in [0.25, 0.3) is 0 Å². The third kappa shape index (κ3) is 9.16.